The lowest BCUT2D eigenvalue weighted by Gasteiger charge is -2.00. The van der Waals surface area contributed by atoms with Crippen molar-refractivity contribution in [2.75, 3.05) is 0 Å². The van der Waals surface area contributed by atoms with Crippen LogP contribution in [0.2, 0.25) is 0 Å². The molecular formula is C7H10O2. The Labute approximate surface area is 54.2 Å². The first-order chi connectivity index (χ1) is 4.30. The van der Waals surface area contributed by atoms with E-state index < -0.39 is 6.10 Å². The SMILES string of the molecule is O=C1CCC=CCC1O. The second kappa shape index (κ2) is 2.78. The number of aliphatic hydroxyl groups is 1. The van der Waals surface area contributed by atoms with Crippen molar-refractivity contribution < 1.29 is 9.90 Å². The number of ketones is 1. The summed E-state index contributed by atoms with van der Waals surface area (Å²) in [6.45, 7) is 0. The van der Waals surface area contributed by atoms with Gasteiger partial charge < -0.3 is 5.11 Å². The van der Waals surface area contributed by atoms with Crippen LogP contribution in [0, 0.1) is 0 Å². The number of aliphatic hydroxyl groups excluding tert-OH is 1. The third-order valence-corrected chi connectivity index (χ3v) is 1.46. The maximum atomic E-state index is 10.7. The predicted octanol–water partition coefficient (Wildman–Crippen LogP) is 0.656. The minimum absolute atomic E-state index is 0.0278. The maximum Gasteiger partial charge on any atom is 0.161 e. The molecule has 0 saturated heterocycles. The van der Waals surface area contributed by atoms with E-state index >= 15 is 0 Å². The fourth-order valence-corrected chi connectivity index (χ4v) is 0.867. The van der Waals surface area contributed by atoms with Gasteiger partial charge in [0.15, 0.2) is 5.78 Å². The quantitative estimate of drug-likeness (QED) is 0.484. The zero-order valence-electron chi connectivity index (χ0n) is 5.21. The summed E-state index contributed by atoms with van der Waals surface area (Å²) < 4.78 is 0. The average molecular weight is 126 g/mol. The first kappa shape index (κ1) is 6.49. The van der Waals surface area contributed by atoms with Crippen molar-refractivity contribution in [3.05, 3.63) is 12.2 Å². The van der Waals surface area contributed by atoms with Gasteiger partial charge in [0.05, 0.1) is 0 Å². The zero-order chi connectivity index (χ0) is 6.69. The maximum absolute atomic E-state index is 10.7. The normalized spacial score (nSPS) is 28.1. The van der Waals surface area contributed by atoms with E-state index in [0.717, 1.165) is 6.42 Å². The zero-order valence-corrected chi connectivity index (χ0v) is 5.21. The Morgan fingerprint density at radius 2 is 2.33 bits per heavy atom. The van der Waals surface area contributed by atoms with Crippen LogP contribution in [0.5, 0.6) is 0 Å². The molecule has 0 amide bonds. The first-order valence-corrected chi connectivity index (χ1v) is 3.16. The van der Waals surface area contributed by atoms with Crippen LogP contribution in [0.3, 0.4) is 0 Å². The summed E-state index contributed by atoms with van der Waals surface area (Å²) in [5, 5.41) is 8.96. The van der Waals surface area contributed by atoms with E-state index in [0.29, 0.717) is 12.8 Å². The standard InChI is InChI=1S/C7H10O2/c8-6-4-2-1-3-5-7(6)9/h1-2,6,8H,3-5H2. The molecule has 0 fully saturated rings. The predicted molar refractivity (Wildman–Crippen MR) is 34.0 cm³/mol. The number of hydrogen-bond donors (Lipinski definition) is 1. The van der Waals surface area contributed by atoms with Crippen molar-refractivity contribution in [3.63, 3.8) is 0 Å². The second-order valence-corrected chi connectivity index (χ2v) is 2.23. The van der Waals surface area contributed by atoms with E-state index in [1.54, 1.807) is 0 Å². The van der Waals surface area contributed by atoms with Gasteiger partial charge in [-0.1, -0.05) is 12.2 Å². The number of allylic oxidation sites excluding steroid dienone is 1. The third kappa shape index (κ3) is 1.64. The van der Waals surface area contributed by atoms with Crippen LogP contribution >= 0.6 is 0 Å². The van der Waals surface area contributed by atoms with E-state index in [1.165, 1.54) is 0 Å². The smallest absolute Gasteiger partial charge is 0.161 e. The van der Waals surface area contributed by atoms with Crippen LogP contribution in [-0.4, -0.2) is 17.0 Å². The number of rotatable bonds is 0. The van der Waals surface area contributed by atoms with E-state index in [1.807, 2.05) is 12.2 Å². The van der Waals surface area contributed by atoms with Crippen LogP contribution in [0.25, 0.3) is 0 Å². The summed E-state index contributed by atoms with van der Waals surface area (Å²) in [4.78, 5) is 10.7. The lowest BCUT2D eigenvalue weighted by molar-refractivity contribution is -0.126. The Kier molecular flexibility index (Phi) is 2.01. The van der Waals surface area contributed by atoms with Gasteiger partial charge in [-0.2, -0.15) is 0 Å². The Morgan fingerprint density at radius 1 is 1.56 bits per heavy atom. The average Bonchev–Trinajstić information content (AvgIpc) is 1.99. The van der Waals surface area contributed by atoms with Gasteiger partial charge in [-0.05, 0) is 12.8 Å². The minimum Gasteiger partial charge on any atom is -0.385 e. The largest absolute Gasteiger partial charge is 0.385 e. The van der Waals surface area contributed by atoms with Crippen molar-refractivity contribution in [1.29, 1.82) is 0 Å². The Morgan fingerprint density at radius 3 is 3.11 bits per heavy atom. The van der Waals surface area contributed by atoms with E-state index in [-0.39, 0.29) is 5.78 Å². The Bertz CT molecular complexity index is 138. The van der Waals surface area contributed by atoms with Crippen molar-refractivity contribution in [2.45, 2.75) is 25.4 Å². The first-order valence-electron chi connectivity index (χ1n) is 3.16. The molecule has 0 aromatic rings. The highest BCUT2D eigenvalue weighted by atomic mass is 16.3. The van der Waals surface area contributed by atoms with Crippen molar-refractivity contribution in [3.8, 4) is 0 Å². The van der Waals surface area contributed by atoms with Gasteiger partial charge in [-0.25, -0.2) is 0 Å². The fourth-order valence-electron chi connectivity index (χ4n) is 0.867. The molecule has 0 radical (unpaired) electrons. The van der Waals surface area contributed by atoms with Crippen LogP contribution in [0.1, 0.15) is 19.3 Å². The molecule has 1 aliphatic carbocycles. The van der Waals surface area contributed by atoms with Crippen LogP contribution in [0.15, 0.2) is 12.2 Å². The molecule has 9 heavy (non-hydrogen) atoms. The van der Waals surface area contributed by atoms with Gasteiger partial charge in [-0.15, -0.1) is 0 Å². The number of hydrogen-bond acceptors (Lipinski definition) is 2. The molecule has 0 saturated carbocycles. The molecule has 1 atom stereocenters. The van der Waals surface area contributed by atoms with Gasteiger partial charge >= 0.3 is 0 Å². The molecule has 50 valence electrons. The monoisotopic (exact) mass is 126 g/mol. The Balaban J connectivity index is 2.52. The van der Waals surface area contributed by atoms with Crippen molar-refractivity contribution in [2.24, 2.45) is 0 Å². The molecule has 0 bridgehead atoms. The molecule has 0 spiro atoms. The summed E-state index contributed by atoms with van der Waals surface area (Å²) in [6, 6.07) is 0. The molecule has 1 aliphatic rings. The number of carbonyl (C=O) groups excluding carboxylic acids is 1. The van der Waals surface area contributed by atoms with E-state index in [9.17, 15) is 4.79 Å². The molecule has 1 unspecified atom stereocenters. The van der Waals surface area contributed by atoms with Gasteiger partial charge in [0, 0.05) is 6.42 Å². The number of Topliss-reactive ketones (excluding diaryl/α,β-unsaturated/α-hetero) is 1. The molecule has 1 rings (SSSR count). The highest BCUT2D eigenvalue weighted by Crippen LogP contribution is 2.06. The highest BCUT2D eigenvalue weighted by molar-refractivity contribution is 5.83. The lowest BCUT2D eigenvalue weighted by atomic mass is 10.1. The van der Waals surface area contributed by atoms with Crippen LogP contribution < -0.4 is 0 Å². The van der Waals surface area contributed by atoms with Crippen molar-refractivity contribution in [1.82, 2.24) is 0 Å². The summed E-state index contributed by atoms with van der Waals surface area (Å²) in [7, 11) is 0. The molecule has 0 aromatic heterocycles. The van der Waals surface area contributed by atoms with Crippen LogP contribution in [0.4, 0.5) is 0 Å². The van der Waals surface area contributed by atoms with Crippen LogP contribution in [-0.2, 0) is 4.79 Å². The molecule has 0 aliphatic heterocycles. The highest BCUT2D eigenvalue weighted by Gasteiger charge is 2.13. The summed E-state index contributed by atoms with van der Waals surface area (Å²) in [5.41, 5.74) is 0. The van der Waals surface area contributed by atoms with Gasteiger partial charge in [0.1, 0.15) is 6.10 Å². The van der Waals surface area contributed by atoms with E-state index in [4.69, 9.17) is 5.11 Å². The van der Waals surface area contributed by atoms with Gasteiger partial charge in [0.2, 0.25) is 0 Å². The van der Waals surface area contributed by atoms with Gasteiger partial charge in [0.25, 0.3) is 0 Å². The topological polar surface area (TPSA) is 37.3 Å². The molecular weight excluding hydrogens is 116 g/mol. The van der Waals surface area contributed by atoms with Crippen molar-refractivity contribution >= 4 is 5.78 Å². The summed E-state index contributed by atoms with van der Waals surface area (Å²) >= 11 is 0. The Hall–Kier alpha value is -0.630. The van der Waals surface area contributed by atoms with E-state index in [2.05, 4.69) is 0 Å². The molecule has 0 heterocycles. The second-order valence-electron chi connectivity index (χ2n) is 2.23. The molecule has 2 heteroatoms. The minimum atomic E-state index is -0.733. The molecule has 0 aromatic carbocycles. The third-order valence-electron chi connectivity index (χ3n) is 1.46. The molecule has 1 N–H and O–H groups in total. The van der Waals surface area contributed by atoms with Gasteiger partial charge in [-0.3, -0.25) is 4.79 Å². The fraction of sp³-hybridized carbons (Fsp3) is 0.571. The number of carbonyl (C=O) groups is 1. The summed E-state index contributed by atoms with van der Waals surface area (Å²) in [6.07, 6.45) is 4.85. The lowest BCUT2D eigenvalue weighted by Crippen LogP contribution is -2.17. The molecule has 2 nitrogen and oxygen atoms in total. The summed E-state index contributed by atoms with van der Waals surface area (Å²) in [5.74, 6) is -0.0278.